The number of fused-ring (bicyclic) bond motifs is 1. The summed E-state index contributed by atoms with van der Waals surface area (Å²) in [6.07, 6.45) is 1.70. The van der Waals surface area contributed by atoms with E-state index >= 15 is 0 Å². The zero-order valence-electron chi connectivity index (χ0n) is 14.4. The van der Waals surface area contributed by atoms with Crippen molar-refractivity contribution in [2.24, 2.45) is 0 Å². The summed E-state index contributed by atoms with van der Waals surface area (Å²) in [4.78, 5) is 24.1. The van der Waals surface area contributed by atoms with Crippen molar-refractivity contribution < 1.29 is 23.8 Å². The summed E-state index contributed by atoms with van der Waals surface area (Å²) in [6.45, 7) is 3.62. The van der Waals surface area contributed by atoms with Crippen molar-refractivity contribution >= 4 is 33.8 Å². The fourth-order valence-corrected chi connectivity index (χ4v) is 3.00. The van der Waals surface area contributed by atoms with Gasteiger partial charge in [-0.1, -0.05) is 34.1 Å². The van der Waals surface area contributed by atoms with E-state index in [0.29, 0.717) is 29.2 Å². The number of hydrogen-bond donors (Lipinski definition) is 0. The van der Waals surface area contributed by atoms with Gasteiger partial charge >= 0.3 is 5.97 Å². The molecule has 2 aromatic carbocycles. The Morgan fingerprint density at radius 2 is 2.00 bits per heavy atom. The summed E-state index contributed by atoms with van der Waals surface area (Å²) in [5, 5.41) is 0. The van der Waals surface area contributed by atoms with E-state index in [-0.39, 0.29) is 18.1 Å². The average Bonchev–Trinajstić information content (AvgIpc) is 2.94. The summed E-state index contributed by atoms with van der Waals surface area (Å²) in [6, 6.07) is 10.9. The summed E-state index contributed by atoms with van der Waals surface area (Å²) < 4.78 is 17.0. The molecule has 26 heavy (non-hydrogen) atoms. The first kappa shape index (κ1) is 18.2. The Kier molecular flexibility index (Phi) is 5.42. The van der Waals surface area contributed by atoms with Crippen molar-refractivity contribution in [3.63, 3.8) is 0 Å². The molecule has 0 aromatic heterocycles. The van der Waals surface area contributed by atoms with Gasteiger partial charge in [-0.2, -0.15) is 0 Å². The maximum atomic E-state index is 12.6. The van der Waals surface area contributed by atoms with Gasteiger partial charge in [-0.15, -0.1) is 0 Å². The highest BCUT2D eigenvalue weighted by Gasteiger charge is 2.30. The smallest absolute Gasteiger partial charge is 0.344 e. The van der Waals surface area contributed by atoms with Crippen molar-refractivity contribution in [2.45, 2.75) is 13.8 Å². The maximum Gasteiger partial charge on any atom is 0.344 e. The Morgan fingerprint density at radius 3 is 2.73 bits per heavy atom. The molecular weight excluding hydrogens is 400 g/mol. The minimum atomic E-state index is -0.445. The van der Waals surface area contributed by atoms with Gasteiger partial charge < -0.3 is 14.2 Å². The molecule has 3 rings (SSSR count). The first-order valence-corrected chi connectivity index (χ1v) is 8.91. The van der Waals surface area contributed by atoms with Crippen LogP contribution in [0.15, 0.2) is 46.6 Å². The van der Waals surface area contributed by atoms with Crippen molar-refractivity contribution in [1.82, 2.24) is 0 Å². The number of ether oxygens (including phenoxy) is 3. The molecular formula is C20H17BrO5. The zero-order valence-corrected chi connectivity index (χ0v) is 16.0. The van der Waals surface area contributed by atoms with E-state index in [1.165, 1.54) is 0 Å². The van der Waals surface area contributed by atoms with Crippen LogP contribution in [-0.2, 0) is 9.53 Å². The van der Waals surface area contributed by atoms with Crippen molar-refractivity contribution in [1.29, 1.82) is 0 Å². The van der Waals surface area contributed by atoms with E-state index in [1.54, 1.807) is 32.1 Å². The Hall–Kier alpha value is -2.60. The van der Waals surface area contributed by atoms with Crippen molar-refractivity contribution in [2.75, 3.05) is 13.2 Å². The molecule has 0 N–H and O–H groups in total. The lowest BCUT2D eigenvalue weighted by Gasteiger charge is -2.10. The molecule has 0 unspecified atom stereocenters. The lowest BCUT2D eigenvalue weighted by atomic mass is 10.1. The third-order valence-electron chi connectivity index (χ3n) is 3.88. The molecule has 0 fully saturated rings. The molecule has 0 bridgehead atoms. The third kappa shape index (κ3) is 3.65. The standard InChI is InChI=1S/C20H17BrO5/c1-3-24-18(22)11-25-16-9-8-14-19(23)17(26-20(14)12(16)2)10-13-6-4-5-7-15(13)21/h4-10H,3,11H2,1-2H3/b17-10-. The average molecular weight is 417 g/mol. The Morgan fingerprint density at radius 1 is 1.23 bits per heavy atom. The number of ketones is 1. The number of rotatable bonds is 5. The lowest BCUT2D eigenvalue weighted by molar-refractivity contribution is -0.145. The minimum Gasteiger partial charge on any atom is -0.481 e. The van der Waals surface area contributed by atoms with Gasteiger partial charge in [0.05, 0.1) is 12.2 Å². The van der Waals surface area contributed by atoms with Crippen LogP contribution in [0, 0.1) is 6.92 Å². The second kappa shape index (κ2) is 7.74. The molecule has 0 amide bonds. The van der Waals surface area contributed by atoms with Gasteiger partial charge in [0.2, 0.25) is 5.78 Å². The minimum absolute atomic E-state index is 0.184. The van der Waals surface area contributed by atoms with E-state index in [1.807, 2.05) is 24.3 Å². The highest BCUT2D eigenvalue weighted by molar-refractivity contribution is 9.10. The number of hydrogen-bond acceptors (Lipinski definition) is 5. The molecule has 0 spiro atoms. The van der Waals surface area contributed by atoms with Crippen LogP contribution in [0.5, 0.6) is 11.5 Å². The Bertz CT molecular complexity index is 901. The van der Waals surface area contributed by atoms with E-state index < -0.39 is 5.97 Å². The van der Waals surface area contributed by atoms with Crippen LogP contribution in [0.25, 0.3) is 6.08 Å². The topological polar surface area (TPSA) is 61.8 Å². The Labute approximate surface area is 159 Å². The molecule has 0 saturated heterocycles. The molecule has 6 heteroatoms. The van der Waals surface area contributed by atoms with Gasteiger partial charge in [0.25, 0.3) is 0 Å². The predicted molar refractivity (Wildman–Crippen MR) is 100 cm³/mol. The van der Waals surface area contributed by atoms with E-state index in [9.17, 15) is 9.59 Å². The third-order valence-corrected chi connectivity index (χ3v) is 4.60. The molecule has 5 nitrogen and oxygen atoms in total. The summed E-state index contributed by atoms with van der Waals surface area (Å²) in [5.41, 5.74) is 1.99. The van der Waals surface area contributed by atoms with Gasteiger partial charge in [0.1, 0.15) is 11.5 Å². The second-order valence-corrected chi connectivity index (χ2v) is 6.47. The number of allylic oxidation sites excluding steroid dienone is 1. The fourth-order valence-electron chi connectivity index (χ4n) is 2.60. The van der Waals surface area contributed by atoms with Gasteiger partial charge in [0.15, 0.2) is 12.4 Å². The molecule has 1 aliphatic rings. The SMILES string of the molecule is CCOC(=O)COc1ccc2c(c1C)O/C(=C\c1ccccc1Br)C2=O. The monoisotopic (exact) mass is 416 g/mol. The van der Waals surface area contributed by atoms with Gasteiger partial charge in [-0.3, -0.25) is 4.79 Å². The number of benzene rings is 2. The largest absolute Gasteiger partial charge is 0.481 e. The quantitative estimate of drug-likeness (QED) is 0.536. The highest BCUT2D eigenvalue weighted by atomic mass is 79.9. The van der Waals surface area contributed by atoms with Crippen molar-refractivity contribution in [3.05, 3.63) is 63.3 Å². The highest BCUT2D eigenvalue weighted by Crippen LogP contribution is 2.39. The summed E-state index contributed by atoms with van der Waals surface area (Å²) in [7, 11) is 0. The van der Waals surface area contributed by atoms with E-state index in [2.05, 4.69) is 15.9 Å². The van der Waals surface area contributed by atoms with Crippen LogP contribution in [-0.4, -0.2) is 25.0 Å². The van der Waals surface area contributed by atoms with Gasteiger partial charge in [-0.25, -0.2) is 4.79 Å². The second-order valence-electron chi connectivity index (χ2n) is 5.62. The molecule has 134 valence electrons. The number of carbonyl (C=O) groups is 2. The first-order chi connectivity index (χ1) is 12.5. The number of carbonyl (C=O) groups excluding carboxylic acids is 2. The van der Waals surface area contributed by atoms with Gasteiger partial charge in [0, 0.05) is 10.0 Å². The fraction of sp³-hybridized carbons (Fsp3) is 0.200. The molecule has 0 aliphatic carbocycles. The van der Waals surface area contributed by atoms with Crippen molar-refractivity contribution in [3.8, 4) is 11.5 Å². The maximum absolute atomic E-state index is 12.6. The van der Waals surface area contributed by atoms with Crippen LogP contribution >= 0.6 is 15.9 Å². The summed E-state index contributed by atoms with van der Waals surface area (Å²) in [5.74, 6) is 0.550. The predicted octanol–water partition coefficient (Wildman–Crippen LogP) is 4.32. The van der Waals surface area contributed by atoms with Crippen LogP contribution in [0.2, 0.25) is 0 Å². The van der Waals surface area contributed by atoms with Crippen LogP contribution < -0.4 is 9.47 Å². The summed E-state index contributed by atoms with van der Waals surface area (Å²) >= 11 is 3.46. The lowest BCUT2D eigenvalue weighted by Crippen LogP contribution is -2.15. The normalized spacial score (nSPS) is 14.1. The molecule has 0 radical (unpaired) electrons. The van der Waals surface area contributed by atoms with Crippen LogP contribution in [0.1, 0.15) is 28.4 Å². The number of esters is 1. The molecule has 2 aromatic rings. The molecule has 1 aliphatic heterocycles. The van der Waals surface area contributed by atoms with E-state index in [4.69, 9.17) is 14.2 Å². The molecule has 0 saturated carbocycles. The Balaban J connectivity index is 1.85. The number of halogens is 1. The van der Waals surface area contributed by atoms with Gasteiger partial charge in [-0.05, 0) is 43.7 Å². The number of Topliss-reactive ketones (excluding diaryl/α,β-unsaturated/α-hetero) is 1. The molecule has 0 atom stereocenters. The molecule has 1 heterocycles. The van der Waals surface area contributed by atoms with Crippen LogP contribution in [0.3, 0.4) is 0 Å². The van der Waals surface area contributed by atoms with E-state index in [0.717, 1.165) is 10.0 Å². The van der Waals surface area contributed by atoms with Crippen LogP contribution in [0.4, 0.5) is 0 Å². The zero-order chi connectivity index (χ0) is 18.7. The first-order valence-electron chi connectivity index (χ1n) is 8.12.